The number of anilines is 1. The molecule has 1 fully saturated rings. The Hall–Kier alpha value is -2.66. The second-order valence-corrected chi connectivity index (χ2v) is 8.39. The second kappa shape index (κ2) is 7.99. The Morgan fingerprint density at radius 3 is 2.69 bits per heavy atom. The maximum absolute atomic E-state index is 12.9. The molecular formula is C24H30N4O. The molecule has 152 valence electrons. The molecule has 0 radical (unpaired) electrons. The van der Waals surface area contributed by atoms with Crippen molar-refractivity contribution in [3.63, 3.8) is 0 Å². The molecule has 4 rings (SSSR count). The summed E-state index contributed by atoms with van der Waals surface area (Å²) in [4.78, 5) is 22.1. The monoisotopic (exact) mass is 390 g/mol. The minimum absolute atomic E-state index is 0.120. The smallest absolute Gasteiger partial charge is 0.227 e. The number of imidazole rings is 1. The van der Waals surface area contributed by atoms with Crippen LogP contribution in [-0.4, -0.2) is 47.5 Å². The zero-order valence-electron chi connectivity index (χ0n) is 17.9. The van der Waals surface area contributed by atoms with Gasteiger partial charge in [0.25, 0.3) is 0 Å². The lowest BCUT2D eigenvalue weighted by molar-refractivity contribution is -0.117. The molecule has 5 nitrogen and oxygen atoms in total. The normalized spacial score (nSPS) is 17.1. The minimum atomic E-state index is 0.120. The minimum Gasteiger partial charge on any atom is -0.328 e. The molecular weight excluding hydrogens is 360 g/mol. The fourth-order valence-electron chi connectivity index (χ4n) is 4.33. The van der Waals surface area contributed by atoms with Gasteiger partial charge in [0.05, 0.1) is 11.0 Å². The van der Waals surface area contributed by atoms with Gasteiger partial charge >= 0.3 is 0 Å². The van der Waals surface area contributed by atoms with Crippen LogP contribution in [0.5, 0.6) is 0 Å². The molecule has 1 saturated heterocycles. The maximum atomic E-state index is 12.9. The molecule has 0 unspecified atom stereocenters. The average Bonchev–Trinajstić information content (AvgIpc) is 3.25. The Bertz CT molecular complexity index is 1040. The van der Waals surface area contributed by atoms with Gasteiger partial charge in [-0.25, -0.2) is 4.98 Å². The van der Waals surface area contributed by atoms with Crippen LogP contribution in [0.3, 0.4) is 0 Å². The summed E-state index contributed by atoms with van der Waals surface area (Å²) in [6.07, 6.45) is 1.58. The Morgan fingerprint density at radius 1 is 1.10 bits per heavy atom. The molecule has 0 N–H and O–H groups in total. The molecule has 29 heavy (non-hydrogen) atoms. The van der Waals surface area contributed by atoms with E-state index in [1.807, 2.05) is 17.0 Å². The third-order valence-electron chi connectivity index (χ3n) is 6.03. The fraction of sp³-hybridized carbons (Fsp3) is 0.417. The summed E-state index contributed by atoms with van der Waals surface area (Å²) in [6.45, 7) is 6.84. The van der Waals surface area contributed by atoms with Crippen molar-refractivity contribution >= 4 is 22.6 Å². The zero-order chi connectivity index (χ0) is 20.5. The Balaban J connectivity index is 1.66. The summed E-state index contributed by atoms with van der Waals surface area (Å²) in [5.74, 6) is 1.36. The number of nitrogens with zero attached hydrogens (tertiary/aromatic N) is 4. The van der Waals surface area contributed by atoms with Gasteiger partial charge in [0, 0.05) is 31.1 Å². The Morgan fingerprint density at radius 2 is 1.90 bits per heavy atom. The van der Waals surface area contributed by atoms with Gasteiger partial charge in [-0.1, -0.05) is 24.3 Å². The van der Waals surface area contributed by atoms with Crippen molar-refractivity contribution < 1.29 is 4.79 Å². The molecule has 2 aromatic carbocycles. The summed E-state index contributed by atoms with van der Waals surface area (Å²) in [5.41, 5.74) is 5.62. The molecule has 0 saturated carbocycles. The summed E-state index contributed by atoms with van der Waals surface area (Å²) in [5, 5.41) is 0. The first-order chi connectivity index (χ1) is 14.0. The lowest BCUT2D eigenvalue weighted by atomic mass is 10.1. The van der Waals surface area contributed by atoms with Crippen LogP contribution in [0.15, 0.2) is 42.5 Å². The molecule has 2 heterocycles. The molecule has 0 bridgehead atoms. The number of carbonyl (C=O) groups excluding carboxylic acids is 1. The highest BCUT2D eigenvalue weighted by Crippen LogP contribution is 2.35. The summed E-state index contributed by atoms with van der Waals surface area (Å²) >= 11 is 0. The third-order valence-corrected chi connectivity index (χ3v) is 6.03. The van der Waals surface area contributed by atoms with Gasteiger partial charge < -0.3 is 14.4 Å². The van der Waals surface area contributed by atoms with Crippen molar-refractivity contribution in [3.05, 3.63) is 59.4 Å². The van der Waals surface area contributed by atoms with Gasteiger partial charge in [0.1, 0.15) is 5.82 Å². The molecule has 0 aliphatic carbocycles. The zero-order valence-corrected chi connectivity index (χ0v) is 17.9. The molecule has 1 aliphatic heterocycles. The number of benzene rings is 2. The highest BCUT2D eigenvalue weighted by molar-refractivity contribution is 5.97. The average molecular weight is 391 g/mol. The number of amides is 1. The lowest BCUT2D eigenvalue weighted by Crippen LogP contribution is -2.25. The first kappa shape index (κ1) is 19.6. The fourth-order valence-corrected chi connectivity index (χ4v) is 4.33. The van der Waals surface area contributed by atoms with Crippen molar-refractivity contribution in [2.75, 3.05) is 32.1 Å². The summed E-state index contributed by atoms with van der Waals surface area (Å²) in [7, 11) is 4.20. The van der Waals surface area contributed by atoms with Crippen LogP contribution in [0.2, 0.25) is 0 Å². The number of para-hydroxylation sites is 2. The first-order valence-corrected chi connectivity index (χ1v) is 10.4. The SMILES string of the molecule is Cc1cccc(N2C[C@@H](c3nc4ccccc4n3CCCN(C)C)CC2=O)c1C. The molecule has 0 spiro atoms. The van der Waals surface area contributed by atoms with Gasteiger partial charge in [0.2, 0.25) is 5.91 Å². The van der Waals surface area contributed by atoms with Crippen molar-refractivity contribution in [2.24, 2.45) is 0 Å². The van der Waals surface area contributed by atoms with Crippen LogP contribution in [-0.2, 0) is 11.3 Å². The van der Waals surface area contributed by atoms with Crippen LogP contribution < -0.4 is 4.90 Å². The second-order valence-electron chi connectivity index (χ2n) is 8.39. The molecule has 1 aliphatic rings. The highest BCUT2D eigenvalue weighted by atomic mass is 16.2. The van der Waals surface area contributed by atoms with Crippen molar-refractivity contribution in [2.45, 2.75) is 39.2 Å². The summed E-state index contributed by atoms with van der Waals surface area (Å²) < 4.78 is 2.34. The molecule has 1 aromatic heterocycles. The quantitative estimate of drug-likeness (QED) is 0.636. The van der Waals surface area contributed by atoms with E-state index >= 15 is 0 Å². The Labute approximate surface area is 172 Å². The van der Waals surface area contributed by atoms with Crippen LogP contribution >= 0.6 is 0 Å². The van der Waals surface area contributed by atoms with E-state index in [-0.39, 0.29) is 11.8 Å². The van der Waals surface area contributed by atoms with Crippen molar-refractivity contribution in [3.8, 4) is 0 Å². The van der Waals surface area contributed by atoms with Gasteiger partial charge in [0.15, 0.2) is 0 Å². The van der Waals surface area contributed by atoms with E-state index in [2.05, 4.69) is 67.7 Å². The van der Waals surface area contributed by atoms with Crippen molar-refractivity contribution in [1.82, 2.24) is 14.5 Å². The largest absolute Gasteiger partial charge is 0.328 e. The van der Waals surface area contributed by atoms with Gasteiger partial charge in [-0.3, -0.25) is 4.79 Å². The van der Waals surface area contributed by atoms with E-state index in [1.54, 1.807) is 0 Å². The molecule has 1 amide bonds. The molecule has 5 heteroatoms. The summed E-state index contributed by atoms with van der Waals surface area (Å²) in [6, 6.07) is 14.5. The predicted molar refractivity (Wildman–Crippen MR) is 119 cm³/mol. The number of hydrogen-bond acceptors (Lipinski definition) is 3. The number of aromatic nitrogens is 2. The number of hydrogen-bond donors (Lipinski definition) is 0. The van der Waals surface area contributed by atoms with Gasteiger partial charge in [-0.15, -0.1) is 0 Å². The van der Waals surface area contributed by atoms with E-state index in [0.29, 0.717) is 13.0 Å². The third kappa shape index (κ3) is 3.79. The number of fused-ring (bicyclic) bond motifs is 1. The number of rotatable bonds is 6. The highest BCUT2D eigenvalue weighted by Gasteiger charge is 2.35. The number of aryl methyl sites for hydroxylation is 2. The first-order valence-electron chi connectivity index (χ1n) is 10.4. The van der Waals surface area contributed by atoms with Gasteiger partial charge in [-0.05, 0) is 70.2 Å². The number of carbonyl (C=O) groups is 1. The maximum Gasteiger partial charge on any atom is 0.227 e. The van der Waals surface area contributed by atoms with E-state index in [9.17, 15) is 4.79 Å². The van der Waals surface area contributed by atoms with Crippen molar-refractivity contribution in [1.29, 1.82) is 0 Å². The topological polar surface area (TPSA) is 41.4 Å². The Kier molecular flexibility index (Phi) is 5.41. The van der Waals surface area contributed by atoms with E-state index < -0.39 is 0 Å². The molecule has 1 atom stereocenters. The molecule has 3 aromatic rings. The lowest BCUT2D eigenvalue weighted by Gasteiger charge is -2.20. The van der Waals surface area contributed by atoms with Crippen LogP contribution in [0, 0.1) is 13.8 Å². The van der Waals surface area contributed by atoms with Crippen LogP contribution in [0.1, 0.15) is 35.7 Å². The standard InChI is InChI=1S/C24H30N4O/c1-17-9-7-12-21(18(17)2)28-16-19(15-23(28)29)24-25-20-10-5-6-11-22(20)27(24)14-8-13-26(3)4/h5-7,9-12,19H,8,13-16H2,1-4H3/t19-/m0/s1. The van der Waals surface area contributed by atoms with E-state index in [0.717, 1.165) is 36.5 Å². The van der Waals surface area contributed by atoms with E-state index in [4.69, 9.17) is 4.98 Å². The predicted octanol–water partition coefficient (Wildman–Crippen LogP) is 4.13. The van der Waals surface area contributed by atoms with E-state index in [1.165, 1.54) is 16.6 Å². The van der Waals surface area contributed by atoms with Crippen LogP contribution in [0.25, 0.3) is 11.0 Å². The van der Waals surface area contributed by atoms with Gasteiger partial charge in [-0.2, -0.15) is 0 Å². The van der Waals surface area contributed by atoms with Crippen LogP contribution in [0.4, 0.5) is 5.69 Å².